The Labute approximate surface area is 147 Å². The molecule has 0 saturated carbocycles. The molecule has 0 bridgehead atoms. The van der Waals surface area contributed by atoms with Crippen molar-refractivity contribution in [2.45, 2.75) is 13.0 Å². The van der Waals surface area contributed by atoms with E-state index in [0.717, 1.165) is 18.7 Å². The molecule has 4 heteroatoms. The molecule has 124 valence electrons. The van der Waals surface area contributed by atoms with Gasteiger partial charge in [-0.3, -0.25) is 9.69 Å². The number of benzene rings is 2. The second kappa shape index (κ2) is 7.65. The molecule has 0 amide bonds. The zero-order valence-corrected chi connectivity index (χ0v) is 14.4. The fourth-order valence-electron chi connectivity index (χ4n) is 2.95. The Kier molecular flexibility index (Phi) is 5.34. The maximum atomic E-state index is 10.9. The maximum absolute atomic E-state index is 10.9. The van der Waals surface area contributed by atoms with Gasteiger partial charge in [-0.2, -0.15) is 0 Å². The predicted octanol–water partition coefficient (Wildman–Crippen LogP) is 4.15. The minimum absolute atomic E-state index is 0.168. The average Bonchev–Trinajstić information content (AvgIpc) is 2.57. The molecule has 0 spiro atoms. The standard InChI is InChI=1S/C20H20ClNO2/c1-15(23)24-14-19(21)18-12-22(13-18)20(16-8-4-2-5-9-16)17-10-6-3-7-11-17/h2-11,20H,12-14H2,1H3. The SMILES string of the molecule is CC(=O)OCC(Cl)=C1CN(C(c2ccccc2)c2ccccc2)C1. The third-order valence-corrected chi connectivity index (χ3v) is 4.55. The highest BCUT2D eigenvalue weighted by Gasteiger charge is 2.31. The molecule has 0 N–H and O–H groups in total. The van der Waals surface area contributed by atoms with Crippen LogP contribution in [0.15, 0.2) is 71.3 Å². The average molecular weight is 342 g/mol. The number of esters is 1. The molecule has 0 unspecified atom stereocenters. The fourth-order valence-corrected chi connectivity index (χ4v) is 3.12. The van der Waals surface area contributed by atoms with E-state index >= 15 is 0 Å². The normalized spacial score (nSPS) is 14.4. The first-order chi connectivity index (χ1) is 11.6. The van der Waals surface area contributed by atoms with Crippen LogP contribution in [-0.4, -0.2) is 30.6 Å². The number of nitrogens with zero attached hydrogens (tertiary/aromatic N) is 1. The number of halogens is 1. The van der Waals surface area contributed by atoms with Gasteiger partial charge >= 0.3 is 5.97 Å². The largest absolute Gasteiger partial charge is 0.460 e. The van der Waals surface area contributed by atoms with E-state index in [1.165, 1.54) is 18.1 Å². The number of carbonyl (C=O) groups is 1. The fraction of sp³-hybridized carbons (Fsp3) is 0.250. The molecular formula is C20H20ClNO2. The Morgan fingerprint density at radius 1 is 1.04 bits per heavy atom. The van der Waals surface area contributed by atoms with Crippen LogP contribution in [0.1, 0.15) is 24.1 Å². The lowest BCUT2D eigenvalue weighted by Gasteiger charge is -2.41. The molecule has 2 aromatic carbocycles. The smallest absolute Gasteiger partial charge is 0.302 e. The van der Waals surface area contributed by atoms with Crippen LogP contribution < -0.4 is 0 Å². The van der Waals surface area contributed by atoms with Gasteiger partial charge in [0.05, 0.1) is 11.1 Å². The minimum atomic E-state index is -0.309. The van der Waals surface area contributed by atoms with E-state index < -0.39 is 0 Å². The molecule has 1 fully saturated rings. The van der Waals surface area contributed by atoms with Crippen molar-refractivity contribution in [3.05, 3.63) is 82.4 Å². The third kappa shape index (κ3) is 3.86. The monoisotopic (exact) mass is 341 g/mol. The highest BCUT2D eigenvalue weighted by molar-refractivity contribution is 6.30. The molecule has 3 rings (SSSR count). The van der Waals surface area contributed by atoms with Crippen LogP contribution in [0.25, 0.3) is 0 Å². The van der Waals surface area contributed by atoms with Gasteiger partial charge in [-0.15, -0.1) is 0 Å². The van der Waals surface area contributed by atoms with Crippen LogP contribution >= 0.6 is 11.6 Å². The summed E-state index contributed by atoms with van der Waals surface area (Å²) in [6, 6.07) is 21.1. The lowest BCUT2D eigenvalue weighted by molar-refractivity contribution is -0.139. The van der Waals surface area contributed by atoms with E-state index in [4.69, 9.17) is 16.3 Å². The summed E-state index contributed by atoms with van der Waals surface area (Å²) in [6.45, 7) is 3.13. The maximum Gasteiger partial charge on any atom is 0.302 e. The van der Waals surface area contributed by atoms with E-state index in [9.17, 15) is 4.79 Å². The van der Waals surface area contributed by atoms with E-state index in [1.54, 1.807) is 0 Å². The van der Waals surface area contributed by atoms with Gasteiger partial charge in [0, 0.05) is 20.0 Å². The molecule has 3 nitrogen and oxygen atoms in total. The zero-order valence-electron chi connectivity index (χ0n) is 13.6. The second-order valence-corrected chi connectivity index (χ2v) is 6.37. The van der Waals surface area contributed by atoms with Gasteiger partial charge in [0.2, 0.25) is 0 Å². The summed E-state index contributed by atoms with van der Waals surface area (Å²) < 4.78 is 4.98. The Balaban J connectivity index is 1.77. The van der Waals surface area contributed by atoms with Crippen LogP contribution in [0.5, 0.6) is 0 Å². The first-order valence-electron chi connectivity index (χ1n) is 7.99. The van der Waals surface area contributed by atoms with Crippen molar-refractivity contribution in [3.63, 3.8) is 0 Å². The van der Waals surface area contributed by atoms with Gasteiger partial charge < -0.3 is 4.74 Å². The van der Waals surface area contributed by atoms with Crippen LogP contribution in [0.2, 0.25) is 0 Å². The summed E-state index contributed by atoms with van der Waals surface area (Å²) in [5, 5.41) is 0.640. The summed E-state index contributed by atoms with van der Waals surface area (Å²) in [7, 11) is 0. The van der Waals surface area contributed by atoms with Crippen LogP contribution in [0, 0.1) is 0 Å². The number of rotatable bonds is 5. The van der Waals surface area contributed by atoms with Crippen molar-refractivity contribution >= 4 is 17.6 Å². The van der Waals surface area contributed by atoms with Gasteiger partial charge in [-0.05, 0) is 16.7 Å². The first kappa shape index (κ1) is 16.7. The predicted molar refractivity (Wildman–Crippen MR) is 95.8 cm³/mol. The lowest BCUT2D eigenvalue weighted by Crippen LogP contribution is -2.43. The molecule has 1 aliphatic rings. The van der Waals surface area contributed by atoms with Gasteiger partial charge in [0.15, 0.2) is 0 Å². The quantitative estimate of drug-likeness (QED) is 0.765. The lowest BCUT2D eigenvalue weighted by atomic mass is 9.93. The Morgan fingerprint density at radius 2 is 1.54 bits per heavy atom. The summed E-state index contributed by atoms with van der Waals surface area (Å²) in [5.74, 6) is -0.309. The Morgan fingerprint density at radius 3 is 2.00 bits per heavy atom. The van der Waals surface area contributed by atoms with Gasteiger partial charge in [0.25, 0.3) is 0 Å². The van der Waals surface area contributed by atoms with E-state index in [2.05, 4.69) is 53.4 Å². The molecule has 0 aromatic heterocycles. The van der Waals surface area contributed by atoms with E-state index in [-0.39, 0.29) is 18.6 Å². The number of likely N-dealkylation sites (tertiary alicyclic amines) is 1. The topological polar surface area (TPSA) is 29.5 Å². The summed E-state index contributed by atoms with van der Waals surface area (Å²) in [6.07, 6.45) is 0. The third-order valence-electron chi connectivity index (χ3n) is 4.17. The highest BCUT2D eigenvalue weighted by atomic mass is 35.5. The molecule has 1 heterocycles. The van der Waals surface area contributed by atoms with Gasteiger partial charge in [-0.25, -0.2) is 0 Å². The molecule has 0 aliphatic carbocycles. The molecule has 1 saturated heterocycles. The van der Waals surface area contributed by atoms with Gasteiger partial charge in [0.1, 0.15) is 6.61 Å². The van der Waals surface area contributed by atoms with E-state index in [0.29, 0.717) is 5.03 Å². The number of hydrogen-bond donors (Lipinski definition) is 0. The van der Waals surface area contributed by atoms with Crippen LogP contribution in [0.4, 0.5) is 0 Å². The first-order valence-corrected chi connectivity index (χ1v) is 8.36. The minimum Gasteiger partial charge on any atom is -0.460 e. The van der Waals surface area contributed by atoms with E-state index in [1.807, 2.05) is 12.1 Å². The molecule has 1 aliphatic heterocycles. The summed E-state index contributed by atoms with van der Waals surface area (Å²) in [4.78, 5) is 13.3. The number of hydrogen-bond acceptors (Lipinski definition) is 3. The van der Waals surface area contributed by atoms with Crippen molar-refractivity contribution in [1.29, 1.82) is 0 Å². The molecule has 0 atom stereocenters. The van der Waals surface area contributed by atoms with Crippen molar-refractivity contribution in [1.82, 2.24) is 4.90 Å². The summed E-state index contributed by atoms with van der Waals surface area (Å²) in [5.41, 5.74) is 3.66. The Bertz CT molecular complexity index is 680. The van der Waals surface area contributed by atoms with Crippen molar-refractivity contribution < 1.29 is 9.53 Å². The molecule has 0 radical (unpaired) electrons. The molecular weight excluding hydrogens is 322 g/mol. The highest BCUT2D eigenvalue weighted by Crippen LogP contribution is 2.35. The second-order valence-electron chi connectivity index (χ2n) is 5.92. The molecule has 24 heavy (non-hydrogen) atoms. The van der Waals surface area contributed by atoms with Crippen molar-refractivity contribution in [2.75, 3.05) is 19.7 Å². The zero-order chi connectivity index (χ0) is 16.9. The number of ether oxygens (including phenoxy) is 1. The number of carbonyl (C=O) groups excluding carboxylic acids is 1. The van der Waals surface area contributed by atoms with Crippen LogP contribution in [-0.2, 0) is 9.53 Å². The van der Waals surface area contributed by atoms with Crippen molar-refractivity contribution in [2.24, 2.45) is 0 Å². The van der Waals surface area contributed by atoms with Gasteiger partial charge in [-0.1, -0.05) is 72.3 Å². The molecule has 2 aromatic rings. The van der Waals surface area contributed by atoms with Crippen LogP contribution in [0.3, 0.4) is 0 Å². The summed E-state index contributed by atoms with van der Waals surface area (Å²) >= 11 is 6.26. The van der Waals surface area contributed by atoms with Crippen molar-refractivity contribution in [3.8, 4) is 0 Å². The Hall–Kier alpha value is -2.10.